The van der Waals surface area contributed by atoms with E-state index in [-0.39, 0.29) is 11.2 Å². The van der Waals surface area contributed by atoms with Crippen LogP contribution < -0.4 is 5.32 Å². The maximum atomic E-state index is 6.22. The van der Waals surface area contributed by atoms with E-state index in [1.165, 1.54) is 0 Å². The van der Waals surface area contributed by atoms with Gasteiger partial charge < -0.3 is 10.1 Å². The Bertz CT molecular complexity index is 288. The molecule has 0 spiro atoms. The van der Waals surface area contributed by atoms with Gasteiger partial charge in [-0.15, -0.1) is 0 Å². The monoisotopic (exact) mass is 240 g/mol. The molecule has 1 N–H and O–H groups in total. The van der Waals surface area contributed by atoms with Gasteiger partial charge in [-0.2, -0.15) is 0 Å². The lowest BCUT2D eigenvalue weighted by molar-refractivity contribution is -0.0862. The topological polar surface area (TPSA) is 24.5 Å². The molecule has 0 bridgehead atoms. The van der Waals surface area contributed by atoms with Gasteiger partial charge in [0.1, 0.15) is 0 Å². The molecule has 2 aliphatic heterocycles. The lowest BCUT2D eigenvalue weighted by Crippen LogP contribution is -2.60. The number of hydrogen-bond donors (Lipinski definition) is 1. The Morgan fingerprint density at radius 3 is 2.35 bits per heavy atom. The first-order valence-electron chi connectivity index (χ1n) is 6.90. The fourth-order valence-electron chi connectivity index (χ4n) is 3.53. The maximum absolute atomic E-state index is 6.22. The first-order chi connectivity index (χ1) is 7.71. The van der Waals surface area contributed by atoms with Crippen LogP contribution in [0.2, 0.25) is 0 Å². The van der Waals surface area contributed by atoms with E-state index < -0.39 is 0 Å². The van der Waals surface area contributed by atoms with Crippen molar-refractivity contribution in [3.05, 3.63) is 0 Å². The zero-order chi connectivity index (χ0) is 12.8. The molecule has 100 valence electrons. The molecule has 0 saturated carbocycles. The summed E-state index contributed by atoms with van der Waals surface area (Å²) in [6, 6.07) is 1.73. The van der Waals surface area contributed by atoms with Crippen LogP contribution in [0.4, 0.5) is 0 Å². The number of piperazine rings is 1. The van der Waals surface area contributed by atoms with Crippen LogP contribution in [-0.4, -0.2) is 47.3 Å². The Morgan fingerprint density at radius 1 is 1.18 bits per heavy atom. The highest BCUT2D eigenvalue weighted by Gasteiger charge is 2.49. The summed E-state index contributed by atoms with van der Waals surface area (Å²) in [4.78, 5) is 2.65. The van der Waals surface area contributed by atoms with E-state index in [0.717, 1.165) is 19.5 Å². The summed E-state index contributed by atoms with van der Waals surface area (Å²) in [5.41, 5.74) is -0.0170. The molecule has 17 heavy (non-hydrogen) atoms. The highest BCUT2D eigenvalue weighted by molar-refractivity contribution is 5.02. The Balaban J connectivity index is 2.15. The van der Waals surface area contributed by atoms with Gasteiger partial charge in [-0.1, -0.05) is 0 Å². The van der Waals surface area contributed by atoms with Crippen LogP contribution in [0.1, 0.15) is 48.0 Å². The molecular formula is C14H28N2O. The van der Waals surface area contributed by atoms with Gasteiger partial charge in [0.15, 0.2) is 0 Å². The second kappa shape index (κ2) is 4.22. The predicted octanol–water partition coefficient (Wildman–Crippen LogP) is 2.01. The van der Waals surface area contributed by atoms with Crippen molar-refractivity contribution in [2.75, 3.05) is 13.1 Å². The van der Waals surface area contributed by atoms with Crippen LogP contribution in [0.15, 0.2) is 0 Å². The van der Waals surface area contributed by atoms with Gasteiger partial charge in [-0.05, 0) is 48.0 Å². The summed E-state index contributed by atoms with van der Waals surface area (Å²) in [7, 11) is 0. The van der Waals surface area contributed by atoms with Crippen molar-refractivity contribution in [1.82, 2.24) is 10.2 Å². The molecule has 2 heterocycles. The SMILES string of the molecule is CC1CN(C2CC(C)(C)OC2(C)C)C(C)CN1. The molecule has 3 nitrogen and oxygen atoms in total. The fraction of sp³-hybridized carbons (Fsp3) is 1.00. The van der Waals surface area contributed by atoms with Crippen molar-refractivity contribution in [3.8, 4) is 0 Å². The number of nitrogens with zero attached hydrogens (tertiary/aromatic N) is 1. The van der Waals surface area contributed by atoms with Crippen molar-refractivity contribution in [2.45, 2.75) is 77.3 Å². The number of nitrogens with one attached hydrogen (secondary N) is 1. The molecule has 2 aliphatic rings. The van der Waals surface area contributed by atoms with E-state index in [1.807, 2.05) is 0 Å². The van der Waals surface area contributed by atoms with Crippen molar-refractivity contribution in [3.63, 3.8) is 0 Å². The molecular weight excluding hydrogens is 212 g/mol. The van der Waals surface area contributed by atoms with E-state index in [2.05, 4.69) is 51.8 Å². The summed E-state index contributed by atoms with van der Waals surface area (Å²) in [5.74, 6) is 0. The van der Waals surface area contributed by atoms with E-state index >= 15 is 0 Å². The van der Waals surface area contributed by atoms with Crippen LogP contribution in [0.5, 0.6) is 0 Å². The molecule has 2 fully saturated rings. The second-order valence-corrected chi connectivity index (χ2v) is 7.04. The number of hydrogen-bond acceptors (Lipinski definition) is 3. The molecule has 3 atom stereocenters. The second-order valence-electron chi connectivity index (χ2n) is 7.04. The first-order valence-corrected chi connectivity index (χ1v) is 6.90. The summed E-state index contributed by atoms with van der Waals surface area (Å²) in [6.45, 7) is 15.7. The van der Waals surface area contributed by atoms with Gasteiger partial charge in [-0.3, -0.25) is 4.90 Å². The van der Waals surface area contributed by atoms with Gasteiger partial charge in [0.05, 0.1) is 11.2 Å². The standard InChI is InChI=1S/C14H28N2O/c1-10-9-16(11(2)8-15-10)12-7-13(3,4)17-14(12,5)6/h10-12,15H,7-9H2,1-6H3. The molecule has 0 aromatic carbocycles. The van der Waals surface area contributed by atoms with E-state index in [4.69, 9.17) is 4.74 Å². The Labute approximate surface area is 106 Å². The predicted molar refractivity (Wildman–Crippen MR) is 71.3 cm³/mol. The summed E-state index contributed by atoms with van der Waals surface area (Å²) in [5, 5.41) is 3.55. The van der Waals surface area contributed by atoms with Crippen LogP contribution >= 0.6 is 0 Å². The van der Waals surface area contributed by atoms with Gasteiger partial charge >= 0.3 is 0 Å². The molecule has 3 unspecified atom stereocenters. The number of ether oxygens (including phenoxy) is 1. The van der Waals surface area contributed by atoms with Crippen molar-refractivity contribution in [2.24, 2.45) is 0 Å². The molecule has 0 aliphatic carbocycles. The Hall–Kier alpha value is -0.120. The van der Waals surface area contributed by atoms with Crippen LogP contribution in [-0.2, 0) is 4.74 Å². The van der Waals surface area contributed by atoms with Crippen molar-refractivity contribution in [1.29, 1.82) is 0 Å². The lowest BCUT2D eigenvalue weighted by Gasteiger charge is -2.45. The van der Waals surface area contributed by atoms with E-state index in [1.54, 1.807) is 0 Å². The quantitative estimate of drug-likeness (QED) is 0.759. The number of rotatable bonds is 1. The van der Waals surface area contributed by atoms with Crippen LogP contribution in [0, 0.1) is 0 Å². The zero-order valence-corrected chi connectivity index (χ0v) is 12.2. The Kier molecular flexibility index (Phi) is 3.30. The van der Waals surface area contributed by atoms with Gasteiger partial charge in [0.2, 0.25) is 0 Å². The minimum atomic E-state index is -0.0329. The average Bonchev–Trinajstić information content (AvgIpc) is 2.38. The first kappa shape index (κ1) is 13.3. The Morgan fingerprint density at radius 2 is 1.82 bits per heavy atom. The summed E-state index contributed by atoms with van der Waals surface area (Å²) < 4.78 is 6.22. The normalized spacial score (nSPS) is 41.6. The molecule has 0 aromatic rings. The summed E-state index contributed by atoms with van der Waals surface area (Å²) in [6.07, 6.45) is 1.14. The van der Waals surface area contributed by atoms with E-state index in [0.29, 0.717) is 18.1 Å². The molecule has 0 radical (unpaired) electrons. The van der Waals surface area contributed by atoms with Gasteiger partial charge in [0.25, 0.3) is 0 Å². The average molecular weight is 240 g/mol. The fourth-order valence-corrected chi connectivity index (χ4v) is 3.53. The summed E-state index contributed by atoms with van der Waals surface area (Å²) >= 11 is 0. The van der Waals surface area contributed by atoms with Gasteiger partial charge in [-0.25, -0.2) is 0 Å². The lowest BCUT2D eigenvalue weighted by atomic mass is 9.90. The molecule has 3 heteroatoms. The van der Waals surface area contributed by atoms with Crippen molar-refractivity contribution < 1.29 is 4.74 Å². The minimum Gasteiger partial charge on any atom is -0.368 e. The van der Waals surface area contributed by atoms with Gasteiger partial charge in [0, 0.05) is 31.2 Å². The molecule has 2 saturated heterocycles. The highest BCUT2D eigenvalue weighted by atomic mass is 16.5. The molecule has 2 rings (SSSR count). The van der Waals surface area contributed by atoms with Crippen LogP contribution in [0.25, 0.3) is 0 Å². The van der Waals surface area contributed by atoms with Crippen molar-refractivity contribution >= 4 is 0 Å². The zero-order valence-electron chi connectivity index (χ0n) is 12.2. The molecule has 0 amide bonds. The smallest absolute Gasteiger partial charge is 0.0789 e. The third-order valence-corrected chi connectivity index (χ3v) is 4.24. The highest BCUT2D eigenvalue weighted by Crippen LogP contribution is 2.41. The van der Waals surface area contributed by atoms with E-state index in [9.17, 15) is 0 Å². The molecule has 0 aromatic heterocycles. The maximum Gasteiger partial charge on any atom is 0.0789 e. The third-order valence-electron chi connectivity index (χ3n) is 4.24. The largest absolute Gasteiger partial charge is 0.368 e. The third kappa shape index (κ3) is 2.67. The minimum absolute atomic E-state index is 0.0159. The van der Waals surface area contributed by atoms with Crippen LogP contribution in [0.3, 0.4) is 0 Å².